The molecule has 0 N–H and O–H groups in total. The fourth-order valence-corrected chi connectivity index (χ4v) is 1.61. The molecule has 1 aromatic heterocycles. The Kier molecular flexibility index (Phi) is 4.39. The zero-order chi connectivity index (χ0) is 13.5. The Bertz CT molecular complexity index is 553. The van der Waals surface area contributed by atoms with E-state index in [9.17, 15) is 0 Å². The lowest BCUT2D eigenvalue weighted by molar-refractivity contribution is 0.340. The van der Waals surface area contributed by atoms with Crippen LogP contribution in [0.4, 0.5) is 0 Å². The molecule has 0 aliphatic rings. The number of ether oxygens (including phenoxy) is 3. The van der Waals surface area contributed by atoms with Crippen LogP contribution in [0.2, 0.25) is 0 Å². The smallest absolute Gasteiger partial charge is 0.219 e. The summed E-state index contributed by atoms with van der Waals surface area (Å²) in [5.74, 6) is 1.90. The molecule has 0 saturated heterocycles. The van der Waals surface area contributed by atoms with E-state index in [-0.39, 0.29) is 0 Å². The van der Waals surface area contributed by atoms with Gasteiger partial charge in [0.2, 0.25) is 5.88 Å². The second-order valence-corrected chi connectivity index (χ2v) is 3.68. The minimum absolute atomic E-state index is 0.530. The number of aromatic nitrogens is 1. The van der Waals surface area contributed by atoms with Gasteiger partial charge in [-0.2, -0.15) is 0 Å². The lowest BCUT2D eigenvalue weighted by atomic mass is 10.1. The first kappa shape index (κ1) is 13.0. The number of hydrogen-bond donors (Lipinski definition) is 0. The Morgan fingerprint density at radius 1 is 1.00 bits per heavy atom. The Hall–Kier alpha value is -2.49. The van der Waals surface area contributed by atoms with Crippen LogP contribution in [0.1, 0.15) is 5.56 Å². The van der Waals surface area contributed by atoms with E-state index in [2.05, 4.69) is 4.98 Å². The maximum atomic E-state index is 5.75. The second kappa shape index (κ2) is 6.44. The molecule has 0 amide bonds. The number of benzene rings is 1. The van der Waals surface area contributed by atoms with Crippen LogP contribution in [0.25, 0.3) is 6.08 Å². The van der Waals surface area contributed by atoms with E-state index < -0.39 is 0 Å². The predicted octanol–water partition coefficient (Wildman–Crippen LogP) is 3.50. The van der Waals surface area contributed by atoms with E-state index in [0.717, 1.165) is 5.56 Å². The Morgan fingerprint density at radius 3 is 2.53 bits per heavy atom. The molecular formula is C15H15NO3. The van der Waals surface area contributed by atoms with Crippen LogP contribution in [0.5, 0.6) is 17.4 Å². The van der Waals surface area contributed by atoms with Crippen molar-refractivity contribution in [2.75, 3.05) is 14.2 Å². The van der Waals surface area contributed by atoms with Gasteiger partial charge in [-0.05, 0) is 24.3 Å². The Morgan fingerprint density at radius 2 is 1.84 bits per heavy atom. The fraction of sp³-hybridized carbons (Fsp3) is 0.133. The quantitative estimate of drug-likeness (QED) is 0.769. The van der Waals surface area contributed by atoms with Gasteiger partial charge in [0.05, 0.1) is 26.0 Å². The molecule has 0 aliphatic heterocycles. The average Bonchev–Trinajstić information content (AvgIpc) is 2.46. The molecule has 0 radical (unpaired) electrons. The van der Waals surface area contributed by atoms with Crippen molar-refractivity contribution in [3.8, 4) is 17.4 Å². The molecule has 4 heteroatoms. The van der Waals surface area contributed by atoms with Gasteiger partial charge in [-0.3, -0.25) is 0 Å². The summed E-state index contributed by atoms with van der Waals surface area (Å²) in [5, 5.41) is 0. The molecule has 0 bridgehead atoms. The van der Waals surface area contributed by atoms with E-state index in [1.807, 2.05) is 30.3 Å². The number of methoxy groups -OCH3 is 2. The Balaban J connectivity index is 2.36. The lowest BCUT2D eigenvalue weighted by Gasteiger charge is -2.11. The van der Waals surface area contributed by atoms with E-state index in [4.69, 9.17) is 14.2 Å². The normalized spacial score (nSPS) is 10.4. The van der Waals surface area contributed by atoms with Crippen LogP contribution < -0.4 is 9.47 Å². The molecule has 0 saturated carbocycles. The summed E-state index contributed by atoms with van der Waals surface area (Å²) >= 11 is 0. The molecule has 2 aromatic rings. The maximum Gasteiger partial charge on any atom is 0.219 e. The monoisotopic (exact) mass is 257 g/mol. The second-order valence-electron chi connectivity index (χ2n) is 3.68. The molecule has 1 aromatic carbocycles. The summed E-state index contributed by atoms with van der Waals surface area (Å²) in [5.41, 5.74) is 0.803. The maximum absolute atomic E-state index is 5.75. The van der Waals surface area contributed by atoms with Crippen LogP contribution in [-0.2, 0) is 4.74 Å². The summed E-state index contributed by atoms with van der Waals surface area (Å²) in [6, 6.07) is 11.1. The van der Waals surface area contributed by atoms with Gasteiger partial charge in [-0.1, -0.05) is 12.1 Å². The van der Waals surface area contributed by atoms with Gasteiger partial charge in [0.15, 0.2) is 0 Å². The van der Waals surface area contributed by atoms with Gasteiger partial charge in [-0.25, -0.2) is 4.98 Å². The molecule has 98 valence electrons. The molecule has 4 nitrogen and oxygen atoms in total. The van der Waals surface area contributed by atoms with Crippen LogP contribution >= 0.6 is 0 Å². The zero-order valence-electron chi connectivity index (χ0n) is 10.9. The van der Waals surface area contributed by atoms with Gasteiger partial charge in [0.25, 0.3) is 0 Å². The van der Waals surface area contributed by atoms with Crippen molar-refractivity contribution < 1.29 is 14.2 Å². The molecule has 0 aliphatic carbocycles. The molecule has 0 fully saturated rings. The van der Waals surface area contributed by atoms with Crippen molar-refractivity contribution in [2.24, 2.45) is 0 Å². The highest BCUT2D eigenvalue weighted by molar-refractivity contribution is 5.64. The number of pyridine rings is 1. The minimum Gasteiger partial charge on any atom is -0.504 e. The molecule has 0 unspecified atom stereocenters. The van der Waals surface area contributed by atoms with Crippen LogP contribution in [-0.4, -0.2) is 19.2 Å². The molecule has 19 heavy (non-hydrogen) atoms. The highest BCUT2D eigenvalue weighted by Gasteiger charge is 2.08. The number of rotatable bonds is 5. The van der Waals surface area contributed by atoms with E-state index >= 15 is 0 Å². The van der Waals surface area contributed by atoms with Gasteiger partial charge in [-0.15, -0.1) is 0 Å². The highest BCUT2D eigenvalue weighted by Crippen LogP contribution is 2.32. The third-order valence-electron chi connectivity index (χ3n) is 2.47. The molecule has 0 atom stereocenters. The first-order valence-electron chi connectivity index (χ1n) is 5.80. The van der Waals surface area contributed by atoms with Gasteiger partial charge in [0, 0.05) is 12.3 Å². The fourth-order valence-electron chi connectivity index (χ4n) is 1.61. The van der Waals surface area contributed by atoms with Crippen molar-refractivity contribution >= 4 is 6.08 Å². The standard InChI is InChI=1S/C15H15NO3/c1-17-11-9-12-13(18-2)6-5-7-14(12)19-15-8-3-4-10-16-15/h3-11H,1-2H3/b11-9+. The van der Waals surface area contributed by atoms with E-state index in [0.29, 0.717) is 17.4 Å². The molecular weight excluding hydrogens is 242 g/mol. The molecule has 1 heterocycles. The third-order valence-corrected chi connectivity index (χ3v) is 2.47. The van der Waals surface area contributed by atoms with Gasteiger partial charge in [0.1, 0.15) is 11.5 Å². The predicted molar refractivity (Wildman–Crippen MR) is 73.3 cm³/mol. The van der Waals surface area contributed by atoms with Crippen LogP contribution in [0, 0.1) is 0 Å². The van der Waals surface area contributed by atoms with Crippen LogP contribution in [0.15, 0.2) is 48.9 Å². The van der Waals surface area contributed by atoms with Crippen molar-refractivity contribution in [2.45, 2.75) is 0 Å². The lowest BCUT2D eigenvalue weighted by Crippen LogP contribution is -1.93. The van der Waals surface area contributed by atoms with Crippen LogP contribution in [0.3, 0.4) is 0 Å². The molecule has 0 spiro atoms. The highest BCUT2D eigenvalue weighted by atomic mass is 16.5. The van der Waals surface area contributed by atoms with Crippen molar-refractivity contribution in [3.63, 3.8) is 0 Å². The average molecular weight is 257 g/mol. The van der Waals surface area contributed by atoms with Gasteiger partial charge < -0.3 is 14.2 Å². The summed E-state index contributed by atoms with van der Waals surface area (Å²) in [4.78, 5) is 4.13. The number of nitrogens with zero attached hydrogens (tertiary/aromatic N) is 1. The number of hydrogen-bond acceptors (Lipinski definition) is 4. The van der Waals surface area contributed by atoms with Crippen molar-refractivity contribution in [3.05, 3.63) is 54.4 Å². The van der Waals surface area contributed by atoms with Crippen molar-refractivity contribution in [1.29, 1.82) is 0 Å². The Labute approximate surface area is 112 Å². The van der Waals surface area contributed by atoms with Gasteiger partial charge >= 0.3 is 0 Å². The summed E-state index contributed by atoms with van der Waals surface area (Å²) in [7, 11) is 3.20. The zero-order valence-corrected chi connectivity index (χ0v) is 10.9. The van der Waals surface area contributed by atoms with E-state index in [1.165, 1.54) is 0 Å². The first-order valence-corrected chi connectivity index (χ1v) is 5.80. The summed E-state index contributed by atoms with van der Waals surface area (Å²) in [6.07, 6.45) is 5.04. The minimum atomic E-state index is 0.530. The van der Waals surface area contributed by atoms with E-state index in [1.54, 1.807) is 38.8 Å². The topological polar surface area (TPSA) is 40.6 Å². The largest absolute Gasteiger partial charge is 0.504 e. The summed E-state index contributed by atoms with van der Waals surface area (Å²) in [6.45, 7) is 0. The van der Waals surface area contributed by atoms with Crippen molar-refractivity contribution in [1.82, 2.24) is 4.98 Å². The SMILES string of the molecule is CO/C=C/c1c(OC)cccc1Oc1ccccn1. The third kappa shape index (κ3) is 3.25. The molecule has 2 rings (SSSR count). The first-order chi connectivity index (χ1) is 9.35. The summed E-state index contributed by atoms with van der Waals surface area (Å²) < 4.78 is 16.0.